The first-order valence-corrected chi connectivity index (χ1v) is 12.1. The quantitative estimate of drug-likeness (QED) is 0.600. The van der Waals surface area contributed by atoms with Gasteiger partial charge in [0.2, 0.25) is 5.91 Å². The van der Waals surface area contributed by atoms with Crippen molar-refractivity contribution in [1.82, 2.24) is 19.9 Å². The van der Waals surface area contributed by atoms with Gasteiger partial charge in [-0.3, -0.25) is 9.78 Å². The van der Waals surface area contributed by atoms with Gasteiger partial charge in [0.1, 0.15) is 11.3 Å². The zero-order valence-electron chi connectivity index (χ0n) is 18.9. The molecule has 0 unspecified atom stereocenters. The number of amides is 1. The molecule has 0 radical (unpaired) electrons. The maximum Gasteiger partial charge on any atom is 0.227 e. The number of nitrogens with one attached hydrogen (secondary N) is 1. The number of aromatic nitrogens is 3. The Labute approximate surface area is 192 Å². The molecule has 3 N–H and O–H groups in total. The van der Waals surface area contributed by atoms with Crippen LogP contribution in [0.5, 0.6) is 0 Å². The highest BCUT2D eigenvalue weighted by molar-refractivity contribution is 6.03. The van der Waals surface area contributed by atoms with Crippen molar-refractivity contribution in [3.05, 3.63) is 35.8 Å². The van der Waals surface area contributed by atoms with Crippen molar-refractivity contribution in [3.8, 4) is 0 Å². The number of rotatable bonds is 6. The number of imidazole rings is 1. The number of benzene rings is 1. The van der Waals surface area contributed by atoms with E-state index < -0.39 is 0 Å². The summed E-state index contributed by atoms with van der Waals surface area (Å²) in [6.07, 6.45) is 8.37. The van der Waals surface area contributed by atoms with E-state index in [1.165, 1.54) is 0 Å². The SMILES string of the molecule is NCc1ccc2ncc3nc(CC(=O)NC[C@H]4CCCO4)n([C@@H]4CCOC5(CC5)C4)c3c2c1. The number of fused-ring (bicyclic) bond motifs is 3. The Kier molecular flexibility index (Phi) is 5.31. The van der Waals surface area contributed by atoms with Crippen LogP contribution in [0, 0.1) is 0 Å². The van der Waals surface area contributed by atoms with Crippen molar-refractivity contribution in [2.45, 2.75) is 69.2 Å². The van der Waals surface area contributed by atoms with Crippen LogP contribution in [0.25, 0.3) is 21.9 Å². The average Bonchev–Trinajstić information content (AvgIpc) is 3.24. The fourth-order valence-corrected chi connectivity index (χ4v) is 5.47. The van der Waals surface area contributed by atoms with Crippen molar-refractivity contribution >= 4 is 27.8 Å². The maximum absolute atomic E-state index is 12.9. The van der Waals surface area contributed by atoms with Gasteiger partial charge >= 0.3 is 0 Å². The zero-order valence-corrected chi connectivity index (χ0v) is 18.9. The molecule has 0 bridgehead atoms. The Hall–Kier alpha value is -2.55. The molecule has 1 amide bonds. The molecule has 2 aromatic heterocycles. The van der Waals surface area contributed by atoms with E-state index >= 15 is 0 Å². The lowest BCUT2D eigenvalue weighted by Crippen LogP contribution is -2.34. The Balaban J connectivity index is 1.39. The van der Waals surface area contributed by atoms with Crippen molar-refractivity contribution in [3.63, 3.8) is 0 Å². The summed E-state index contributed by atoms with van der Waals surface area (Å²) in [4.78, 5) is 22.5. The molecule has 1 aliphatic carbocycles. The Morgan fingerprint density at radius 3 is 2.94 bits per heavy atom. The normalized spacial score (nSPS) is 24.0. The van der Waals surface area contributed by atoms with Gasteiger partial charge in [0.05, 0.1) is 35.4 Å². The lowest BCUT2D eigenvalue weighted by Gasteiger charge is -2.32. The number of pyridine rings is 1. The van der Waals surface area contributed by atoms with Gasteiger partial charge < -0.3 is 25.1 Å². The number of hydrogen-bond acceptors (Lipinski definition) is 6. The lowest BCUT2D eigenvalue weighted by atomic mass is 10.00. The molecule has 8 heteroatoms. The second-order valence-electron chi connectivity index (χ2n) is 9.74. The van der Waals surface area contributed by atoms with Gasteiger partial charge in [-0.05, 0) is 56.2 Å². The standard InChI is InChI=1S/C25H31N5O3/c26-13-16-3-4-20-19(10-16)24-21(15-27-20)29-22(11-23(31)28-14-18-2-1-8-32-18)30(24)17-5-9-33-25(12-17)6-7-25/h3-4,10,15,17-18H,1-2,5-9,11-14,26H2,(H,28,31)/t17-,18-/m1/s1. The third-order valence-corrected chi connectivity index (χ3v) is 7.40. The number of carbonyl (C=O) groups excluding carboxylic acids is 1. The van der Waals surface area contributed by atoms with Crippen LogP contribution in [0.1, 0.15) is 56.0 Å². The van der Waals surface area contributed by atoms with Crippen LogP contribution >= 0.6 is 0 Å². The molecule has 2 atom stereocenters. The fourth-order valence-electron chi connectivity index (χ4n) is 5.47. The van der Waals surface area contributed by atoms with E-state index in [9.17, 15) is 4.79 Å². The summed E-state index contributed by atoms with van der Waals surface area (Å²) >= 11 is 0. The molecule has 33 heavy (non-hydrogen) atoms. The fraction of sp³-hybridized carbons (Fsp3) is 0.560. The maximum atomic E-state index is 12.9. The third kappa shape index (κ3) is 4.00. The van der Waals surface area contributed by atoms with Gasteiger partial charge in [0.15, 0.2) is 0 Å². The summed E-state index contributed by atoms with van der Waals surface area (Å²) in [6.45, 7) is 2.56. The number of hydrogen-bond donors (Lipinski definition) is 2. The predicted octanol–water partition coefficient (Wildman–Crippen LogP) is 2.77. The third-order valence-electron chi connectivity index (χ3n) is 7.40. The molecule has 174 valence electrons. The van der Waals surface area contributed by atoms with Crippen molar-refractivity contribution in [2.75, 3.05) is 19.8 Å². The Bertz CT molecular complexity index is 1200. The van der Waals surface area contributed by atoms with Gasteiger partial charge in [-0.1, -0.05) is 6.07 Å². The molecule has 3 fully saturated rings. The molecular weight excluding hydrogens is 418 g/mol. The number of nitrogens with zero attached hydrogens (tertiary/aromatic N) is 3. The first-order chi connectivity index (χ1) is 16.1. The molecule has 6 rings (SSSR count). The molecule has 2 saturated heterocycles. The van der Waals surface area contributed by atoms with Gasteiger partial charge in [0, 0.05) is 37.7 Å². The summed E-state index contributed by atoms with van der Waals surface area (Å²) in [5.74, 6) is 0.778. The minimum absolute atomic E-state index is 0.0180. The van der Waals surface area contributed by atoms with Crippen LogP contribution in [0.4, 0.5) is 0 Å². The van der Waals surface area contributed by atoms with Crippen LogP contribution in [0.2, 0.25) is 0 Å². The predicted molar refractivity (Wildman–Crippen MR) is 125 cm³/mol. The second kappa shape index (κ2) is 8.34. The summed E-state index contributed by atoms with van der Waals surface area (Å²) in [5.41, 5.74) is 9.83. The number of nitrogens with two attached hydrogens (primary N) is 1. The van der Waals surface area contributed by atoms with Crippen molar-refractivity contribution < 1.29 is 14.3 Å². The molecule has 1 aromatic carbocycles. The van der Waals surface area contributed by atoms with E-state index in [4.69, 9.17) is 20.2 Å². The van der Waals surface area contributed by atoms with Crippen LogP contribution in [-0.4, -0.2) is 51.9 Å². The molecule has 1 saturated carbocycles. The first kappa shape index (κ1) is 21.0. The van der Waals surface area contributed by atoms with E-state index in [0.717, 1.165) is 85.1 Å². The smallest absolute Gasteiger partial charge is 0.227 e. The second-order valence-corrected chi connectivity index (χ2v) is 9.74. The molecule has 3 aromatic rings. The van der Waals surface area contributed by atoms with Gasteiger partial charge in [-0.15, -0.1) is 0 Å². The van der Waals surface area contributed by atoms with Crippen LogP contribution in [0.15, 0.2) is 24.4 Å². The van der Waals surface area contributed by atoms with Gasteiger partial charge in [0.25, 0.3) is 0 Å². The zero-order chi connectivity index (χ0) is 22.4. The molecule has 1 spiro atoms. The van der Waals surface area contributed by atoms with E-state index in [2.05, 4.69) is 20.9 Å². The highest BCUT2D eigenvalue weighted by atomic mass is 16.5. The Morgan fingerprint density at radius 1 is 1.24 bits per heavy atom. The topological polar surface area (TPSA) is 104 Å². The monoisotopic (exact) mass is 449 g/mol. The van der Waals surface area contributed by atoms with E-state index in [1.54, 1.807) is 0 Å². The summed E-state index contributed by atoms with van der Waals surface area (Å²) in [7, 11) is 0. The Morgan fingerprint density at radius 2 is 2.15 bits per heavy atom. The van der Waals surface area contributed by atoms with Gasteiger partial charge in [-0.25, -0.2) is 4.98 Å². The van der Waals surface area contributed by atoms with Crippen LogP contribution < -0.4 is 11.1 Å². The first-order valence-electron chi connectivity index (χ1n) is 12.1. The van der Waals surface area contributed by atoms with Crippen LogP contribution in [0.3, 0.4) is 0 Å². The summed E-state index contributed by atoms with van der Waals surface area (Å²) in [6, 6.07) is 6.42. The largest absolute Gasteiger partial charge is 0.376 e. The molecule has 4 heterocycles. The molecule has 8 nitrogen and oxygen atoms in total. The molecule has 2 aliphatic heterocycles. The minimum atomic E-state index is -0.0184. The highest BCUT2D eigenvalue weighted by Crippen LogP contribution is 2.50. The molecule has 3 aliphatic rings. The minimum Gasteiger partial charge on any atom is -0.376 e. The van der Waals surface area contributed by atoms with E-state index in [1.807, 2.05) is 18.3 Å². The van der Waals surface area contributed by atoms with Crippen molar-refractivity contribution in [1.29, 1.82) is 0 Å². The van der Waals surface area contributed by atoms with E-state index in [0.29, 0.717) is 13.1 Å². The van der Waals surface area contributed by atoms with Gasteiger partial charge in [-0.2, -0.15) is 0 Å². The summed E-state index contributed by atoms with van der Waals surface area (Å²) in [5, 5.41) is 4.10. The van der Waals surface area contributed by atoms with Crippen molar-refractivity contribution in [2.24, 2.45) is 5.73 Å². The summed E-state index contributed by atoms with van der Waals surface area (Å²) < 4.78 is 14.1. The average molecular weight is 450 g/mol. The molecular formula is C25H31N5O3. The van der Waals surface area contributed by atoms with Crippen LogP contribution in [-0.2, 0) is 27.2 Å². The lowest BCUT2D eigenvalue weighted by molar-refractivity contribution is -0.121. The highest BCUT2D eigenvalue weighted by Gasteiger charge is 2.48. The number of carbonyl (C=O) groups is 1. The number of ether oxygens (including phenoxy) is 2. The van der Waals surface area contributed by atoms with E-state index in [-0.39, 0.29) is 30.1 Å².